The summed E-state index contributed by atoms with van der Waals surface area (Å²) in [7, 11) is -2.16. The van der Waals surface area contributed by atoms with Gasteiger partial charge < -0.3 is 15.0 Å². The van der Waals surface area contributed by atoms with E-state index in [4.69, 9.17) is 4.74 Å². The highest BCUT2D eigenvalue weighted by Crippen LogP contribution is 2.22. The number of carbonyl (C=O) groups excluding carboxylic acids is 1. The number of methoxy groups -OCH3 is 1. The Morgan fingerprint density at radius 1 is 1.23 bits per heavy atom. The Kier molecular flexibility index (Phi) is 6.52. The first-order valence-corrected chi connectivity index (χ1v) is 9.73. The van der Waals surface area contributed by atoms with E-state index in [1.165, 1.54) is 29.6 Å². The molecule has 2 N–H and O–H groups in total. The largest absolute Gasteiger partial charge is 0.383 e. The molecule has 1 amide bonds. The van der Waals surface area contributed by atoms with Crippen molar-refractivity contribution in [2.24, 2.45) is 0 Å². The average molecular weight is 381 g/mol. The van der Waals surface area contributed by atoms with Crippen LogP contribution in [-0.4, -0.2) is 57.0 Å². The minimum atomic E-state index is -3.68. The van der Waals surface area contributed by atoms with Crippen molar-refractivity contribution in [1.29, 1.82) is 0 Å². The maximum absolute atomic E-state index is 12.7. The number of amides is 1. The van der Waals surface area contributed by atoms with Crippen molar-refractivity contribution in [1.82, 2.24) is 14.6 Å². The maximum atomic E-state index is 12.7. The predicted molar refractivity (Wildman–Crippen MR) is 98.9 cm³/mol. The van der Waals surface area contributed by atoms with E-state index >= 15 is 0 Å². The molecule has 1 heterocycles. The molecule has 26 heavy (non-hydrogen) atoms. The van der Waals surface area contributed by atoms with Crippen LogP contribution in [0.5, 0.6) is 0 Å². The van der Waals surface area contributed by atoms with Crippen LogP contribution in [-0.2, 0) is 14.8 Å². The lowest BCUT2D eigenvalue weighted by atomic mass is 10.1. The van der Waals surface area contributed by atoms with Gasteiger partial charge in [-0.1, -0.05) is 13.8 Å². The number of pyridine rings is 1. The molecule has 0 unspecified atom stereocenters. The van der Waals surface area contributed by atoms with Crippen LogP contribution >= 0.6 is 0 Å². The lowest BCUT2D eigenvalue weighted by Gasteiger charge is -2.19. The van der Waals surface area contributed by atoms with Gasteiger partial charge >= 0.3 is 0 Å². The number of sulfonamides is 1. The zero-order valence-electron chi connectivity index (χ0n) is 15.0. The standard InChI is InChI=1S/C17H23N3O5S/c1-4-20(5-2)26(23,24)12-6-7-15-13(10-12)14(11-16(21)19-15)17(22)18-8-9-25-3/h6-7,10-11H,4-5,8-9H2,1-3H3,(H,18,22)(H,19,21). The second kappa shape index (κ2) is 8.43. The van der Waals surface area contributed by atoms with Crippen molar-refractivity contribution in [3.8, 4) is 0 Å². The third-order valence-corrected chi connectivity index (χ3v) is 6.04. The summed E-state index contributed by atoms with van der Waals surface area (Å²) in [6, 6.07) is 5.51. The lowest BCUT2D eigenvalue weighted by Crippen LogP contribution is -2.31. The zero-order valence-corrected chi connectivity index (χ0v) is 15.9. The number of hydrogen-bond acceptors (Lipinski definition) is 5. The van der Waals surface area contributed by atoms with Crippen molar-refractivity contribution in [3.05, 3.63) is 40.2 Å². The molecule has 9 heteroatoms. The summed E-state index contributed by atoms with van der Waals surface area (Å²) >= 11 is 0. The van der Waals surface area contributed by atoms with Crippen LogP contribution in [0, 0.1) is 0 Å². The SMILES string of the molecule is CCN(CC)S(=O)(=O)c1ccc2[nH]c(=O)cc(C(=O)NCCOC)c2c1. The number of carbonyl (C=O) groups is 1. The molecule has 0 atom stereocenters. The molecule has 0 spiro atoms. The Labute approximate surface area is 152 Å². The molecular formula is C17H23N3O5S. The van der Waals surface area contributed by atoms with Gasteiger partial charge in [0, 0.05) is 43.7 Å². The summed E-state index contributed by atoms with van der Waals surface area (Å²) in [4.78, 5) is 26.9. The van der Waals surface area contributed by atoms with Gasteiger partial charge in [0.25, 0.3) is 5.91 Å². The maximum Gasteiger partial charge on any atom is 0.252 e. The summed E-state index contributed by atoms with van der Waals surface area (Å²) in [5.41, 5.74) is 0.0816. The van der Waals surface area contributed by atoms with E-state index in [1.807, 2.05) is 0 Å². The molecular weight excluding hydrogens is 358 g/mol. The fourth-order valence-electron chi connectivity index (χ4n) is 2.66. The van der Waals surface area contributed by atoms with E-state index in [1.54, 1.807) is 13.8 Å². The van der Waals surface area contributed by atoms with Gasteiger partial charge in [0.15, 0.2) is 0 Å². The molecule has 0 aliphatic carbocycles. The van der Waals surface area contributed by atoms with Crippen LogP contribution in [0.15, 0.2) is 34.0 Å². The first-order valence-electron chi connectivity index (χ1n) is 8.29. The van der Waals surface area contributed by atoms with E-state index in [2.05, 4.69) is 10.3 Å². The summed E-state index contributed by atoms with van der Waals surface area (Å²) in [5, 5.41) is 3.01. The smallest absolute Gasteiger partial charge is 0.252 e. The Morgan fingerprint density at radius 2 is 1.92 bits per heavy atom. The molecule has 0 radical (unpaired) electrons. The number of H-pyrrole nitrogens is 1. The van der Waals surface area contributed by atoms with E-state index in [9.17, 15) is 18.0 Å². The van der Waals surface area contributed by atoms with Crippen molar-refractivity contribution < 1.29 is 17.9 Å². The van der Waals surface area contributed by atoms with Gasteiger partial charge in [-0.05, 0) is 18.2 Å². The van der Waals surface area contributed by atoms with Crippen LogP contribution in [0.2, 0.25) is 0 Å². The van der Waals surface area contributed by atoms with Crippen molar-refractivity contribution in [2.75, 3.05) is 33.4 Å². The summed E-state index contributed by atoms with van der Waals surface area (Å²) in [6.07, 6.45) is 0. The highest BCUT2D eigenvalue weighted by Gasteiger charge is 2.23. The molecule has 0 fully saturated rings. The van der Waals surface area contributed by atoms with Crippen molar-refractivity contribution in [3.63, 3.8) is 0 Å². The van der Waals surface area contributed by atoms with E-state index in [0.29, 0.717) is 30.6 Å². The van der Waals surface area contributed by atoms with Crippen molar-refractivity contribution in [2.45, 2.75) is 18.7 Å². The number of rotatable bonds is 8. The molecule has 0 aliphatic rings. The van der Waals surface area contributed by atoms with Gasteiger partial charge in [-0.2, -0.15) is 4.31 Å². The lowest BCUT2D eigenvalue weighted by molar-refractivity contribution is 0.0938. The van der Waals surface area contributed by atoms with E-state index in [0.717, 1.165) is 6.07 Å². The van der Waals surface area contributed by atoms with Gasteiger partial charge in [-0.3, -0.25) is 9.59 Å². The minimum Gasteiger partial charge on any atom is -0.383 e. The van der Waals surface area contributed by atoms with Gasteiger partial charge in [0.05, 0.1) is 17.1 Å². The Morgan fingerprint density at radius 3 is 2.54 bits per heavy atom. The molecule has 0 bridgehead atoms. The zero-order chi connectivity index (χ0) is 19.3. The highest BCUT2D eigenvalue weighted by molar-refractivity contribution is 7.89. The summed E-state index contributed by atoms with van der Waals surface area (Å²) in [5.74, 6) is -0.462. The quantitative estimate of drug-likeness (QED) is 0.662. The number of nitrogens with one attached hydrogen (secondary N) is 2. The Bertz CT molecular complexity index is 949. The van der Waals surface area contributed by atoms with E-state index in [-0.39, 0.29) is 17.0 Å². The number of hydrogen-bond donors (Lipinski definition) is 2. The highest BCUT2D eigenvalue weighted by atomic mass is 32.2. The predicted octanol–water partition coefficient (Wildman–Crippen LogP) is 0.935. The summed E-state index contributed by atoms with van der Waals surface area (Å²) in [6.45, 7) is 4.80. The first-order chi connectivity index (χ1) is 12.3. The number of ether oxygens (including phenoxy) is 1. The summed E-state index contributed by atoms with van der Waals surface area (Å²) < 4.78 is 31.7. The van der Waals surface area contributed by atoms with Gasteiger partial charge in [0.2, 0.25) is 15.6 Å². The molecule has 2 rings (SSSR count). The number of benzene rings is 1. The van der Waals surface area contributed by atoms with Crippen LogP contribution in [0.1, 0.15) is 24.2 Å². The van der Waals surface area contributed by atoms with Crippen LogP contribution < -0.4 is 10.9 Å². The molecule has 1 aromatic heterocycles. The molecule has 142 valence electrons. The third kappa shape index (κ3) is 4.12. The van der Waals surface area contributed by atoms with Gasteiger partial charge in [-0.15, -0.1) is 0 Å². The molecule has 8 nitrogen and oxygen atoms in total. The topological polar surface area (TPSA) is 109 Å². The number of fused-ring (bicyclic) bond motifs is 1. The molecule has 0 aliphatic heterocycles. The molecule has 0 saturated heterocycles. The van der Waals surface area contributed by atoms with Gasteiger partial charge in [0.1, 0.15) is 0 Å². The molecule has 1 aromatic carbocycles. The first kappa shape index (κ1) is 20.1. The monoisotopic (exact) mass is 381 g/mol. The fourth-order valence-corrected chi connectivity index (χ4v) is 4.14. The Balaban J connectivity index is 2.57. The fraction of sp³-hybridized carbons (Fsp3) is 0.412. The van der Waals surface area contributed by atoms with Crippen LogP contribution in [0.3, 0.4) is 0 Å². The molecule has 2 aromatic rings. The van der Waals surface area contributed by atoms with Crippen LogP contribution in [0.4, 0.5) is 0 Å². The second-order valence-electron chi connectivity index (χ2n) is 5.59. The van der Waals surface area contributed by atoms with E-state index < -0.39 is 21.5 Å². The number of nitrogens with zero attached hydrogens (tertiary/aromatic N) is 1. The average Bonchev–Trinajstić information content (AvgIpc) is 2.61. The number of aromatic amines is 1. The van der Waals surface area contributed by atoms with Crippen molar-refractivity contribution >= 4 is 26.8 Å². The van der Waals surface area contributed by atoms with Crippen LogP contribution in [0.25, 0.3) is 10.9 Å². The van der Waals surface area contributed by atoms with Gasteiger partial charge in [-0.25, -0.2) is 8.42 Å². The Hall–Kier alpha value is -2.23. The number of aromatic nitrogens is 1. The third-order valence-electron chi connectivity index (χ3n) is 3.99. The minimum absolute atomic E-state index is 0.0756. The second-order valence-corrected chi connectivity index (χ2v) is 7.53. The normalized spacial score (nSPS) is 11.8. The molecule has 0 saturated carbocycles.